The molecule has 27 heavy (non-hydrogen) atoms. The zero-order valence-electron chi connectivity index (χ0n) is 16.9. The lowest BCUT2D eigenvalue weighted by molar-refractivity contribution is -0.139. The van der Waals surface area contributed by atoms with E-state index in [1.165, 1.54) is 4.88 Å². The fourth-order valence-corrected chi connectivity index (χ4v) is 4.35. The molecule has 0 bridgehead atoms. The van der Waals surface area contributed by atoms with Gasteiger partial charge in [-0.3, -0.25) is 14.5 Å². The molecule has 2 N–H and O–H groups in total. The third kappa shape index (κ3) is 6.57. The maximum absolute atomic E-state index is 12.3. The minimum absolute atomic E-state index is 0.0857. The van der Waals surface area contributed by atoms with Gasteiger partial charge in [-0.05, 0) is 39.0 Å². The topological polar surface area (TPSA) is 67.9 Å². The number of piperazine rings is 1. The standard InChI is InChI=1S/C19H33N5O2S/c1-5-23-10-12-24(13-11-23)17(16-7-6-14-27-16)15(2)21-19(26)18(25)20-8-9-22(3)4/h6-7,14-15,17H,5,8-13H2,1-4H3,(H,20,25)(H,21,26)/t15-,17+/m1/s1. The molecule has 0 aromatic carbocycles. The zero-order chi connectivity index (χ0) is 19.8. The highest BCUT2D eigenvalue weighted by Crippen LogP contribution is 2.29. The van der Waals surface area contributed by atoms with Crippen molar-refractivity contribution in [2.24, 2.45) is 0 Å². The van der Waals surface area contributed by atoms with Crippen LogP contribution in [0.2, 0.25) is 0 Å². The molecule has 0 aliphatic carbocycles. The summed E-state index contributed by atoms with van der Waals surface area (Å²) in [6.07, 6.45) is 0. The molecule has 1 aromatic rings. The first-order valence-corrected chi connectivity index (χ1v) is 10.5. The van der Waals surface area contributed by atoms with Crippen LogP contribution in [0.1, 0.15) is 24.8 Å². The highest BCUT2D eigenvalue weighted by Gasteiger charge is 2.31. The van der Waals surface area contributed by atoms with Crippen LogP contribution in [0.25, 0.3) is 0 Å². The molecule has 1 aromatic heterocycles. The summed E-state index contributed by atoms with van der Waals surface area (Å²) in [5.41, 5.74) is 0. The fraction of sp³-hybridized carbons (Fsp3) is 0.684. The molecule has 0 spiro atoms. The summed E-state index contributed by atoms with van der Waals surface area (Å²) in [4.78, 5) is 32.4. The van der Waals surface area contributed by atoms with E-state index in [-0.39, 0.29) is 12.1 Å². The van der Waals surface area contributed by atoms with Gasteiger partial charge in [-0.25, -0.2) is 0 Å². The number of carbonyl (C=O) groups is 2. The highest BCUT2D eigenvalue weighted by atomic mass is 32.1. The smallest absolute Gasteiger partial charge is 0.309 e. The van der Waals surface area contributed by atoms with Gasteiger partial charge in [0.15, 0.2) is 0 Å². The van der Waals surface area contributed by atoms with Crippen LogP contribution in [0.5, 0.6) is 0 Å². The first kappa shape index (κ1) is 21.8. The van der Waals surface area contributed by atoms with Gasteiger partial charge in [0, 0.05) is 50.2 Å². The molecule has 1 aliphatic rings. The molecule has 2 heterocycles. The Morgan fingerprint density at radius 3 is 2.48 bits per heavy atom. The molecule has 0 radical (unpaired) electrons. The SMILES string of the molecule is CCN1CCN([C@H](c2cccs2)[C@@H](C)NC(=O)C(=O)NCCN(C)C)CC1. The van der Waals surface area contributed by atoms with Gasteiger partial charge in [0.1, 0.15) is 0 Å². The van der Waals surface area contributed by atoms with Gasteiger partial charge >= 0.3 is 11.8 Å². The van der Waals surface area contributed by atoms with Gasteiger partial charge in [-0.1, -0.05) is 13.0 Å². The molecule has 7 nitrogen and oxygen atoms in total. The Labute approximate surface area is 166 Å². The molecule has 2 atom stereocenters. The second kappa shape index (κ2) is 10.8. The van der Waals surface area contributed by atoms with E-state index >= 15 is 0 Å². The van der Waals surface area contributed by atoms with Crippen molar-refractivity contribution in [2.45, 2.75) is 25.9 Å². The summed E-state index contributed by atoms with van der Waals surface area (Å²) in [7, 11) is 3.86. The van der Waals surface area contributed by atoms with Gasteiger partial charge in [0.2, 0.25) is 0 Å². The lowest BCUT2D eigenvalue weighted by atomic mass is 10.0. The summed E-state index contributed by atoms with van der Waals surface area (Å²) in [6, 6.07) is 4.09. The number of nitrogens with one attached hydrogen (secondary N) is 2. The minimum atomic E-state index is -0.565. The summed E-state index contributed by atoms with van der Waals surface area (Å²) >= 11 is 1.70. The van der Waals surface area contributed by atoms with Crippen LogP contribution in [-0.2, 0) is 9.59 Å². The zero-order valence-corrected chi connectivity index (χ0v) is 17.7. The molecule has 0 unspecified atom stereocenters. The number of hydrogen-bond donors (Lipinski definition) is 2. The van der Waals surface area contributed by atoms with Gasteiger partial charge in [-0.15, -0.1) is 11.3 Å². The quantitative estimate of drug-likeness (QED) is 0.632. The maximum atomic E-state index is 12.3. The molecule has 8 heteroatoms. The third-order valence-corrected chi connectivity index (χ3v) is 5.91. The van der Waals surface area contributed by atoms with Crippen LogP contribution in [0, 0.1) is 0 Å². The van der Waals surface area contributed by atoms with Crippen molar-refractivity contribution in [3.63, 3.8) is 0 Å². The molecular formula is C19H33N5O2S. The minimum Gasteiger partial charge on any atom is -0.347 e. The largest absolute Gasteiger partial charge is 0.347 e. The van der Waals surface area contributed by atoms with Crippen LogP contribution in [-0.4, -0.2) is 92.5 Å². The number of hydrogen-bond acceptors (Lipinski definition) is 6. The van der Waals surface area contributed by atoms with E-state index in [9.17, 15) is 9.59 Å². The highest BCUT2D eigenvalue weighted by molar-refractivity contribution is 7.10. The van der Waals surface area contributed by atoms with Crippen LogP contribution in [0.4, 0.5) is 0 Å². The van der Waals surface area contributed by atoms with Crippen molar-refractivity contribution in [3.8, 4) is 0 Å². The van der Waals surface area contributed by atoms with Crippen LogP contribution in [0.3, 0.4) is 0 Å². The number of rotatable bonds is 8. The van der Waals surface area contributed by atoms with Crippen LogP contribution < -0.4 is 10.6 Å². The molecule has 0 saturated carbocycles. The second-order valence-corrected chi connectivity index (χ2v) is 8.23. The van der Waals surface area contributed by atoms with Gasteiger partial charge in [0.25, 0.3) is 0 Å². The van der Waals surface area contributed by atoms with Crippen molar-refractivity contribution in [3.05, 3.63) is 22.4 Å². The lowest BCUT2D eigenvalue weighted by Crippen LogP contribution is -2.53. The van der Waals surface area contributed by atoms with E-state index in [2.05, 4.69) is 38.8 Å². The van der Waals surface area contributed by atoms with Crippen LogP contribution in [0.15, 0.2) is 17.5 Å². The number of carbonyl (C=O) groups excluding carboxylic acids is 2. The van der Waals surface area contributed by atoms with Gasteiger partial charge in [0.05, 0.1) is 6.04 Å². The normalized spacial score (nSPS) is 18.3. The van der Waals surface area contributed by atoms with E-state index in [4.69, 9.17) is 0 Å². The average Bonchev–Trinajstić information content (AvgIpc) is 3.16. The van der Waals surface area contributed by atoms with E-state index in [1.54, 1.807) is 11.3 Å². The number of amides is 2. The first-order chi connectivity index (χ1) is 12.9. The Morgan fingerprint density at radius 2 is 1.93 bits per heavy atom. The lowest BCUT2D eigenvalue weighted by Gasteiger charge is -2.41. The predicted octanol–water partition coefficient (Wildman–Crippen LogP) is 0.609. The van der Waals surface area contributed by atoms with Crippen molar-refractivity contribution in [2.75, 3.05) is 59.9 Å². The Hall–Kier alpha value is -1.48. The average molecular weight is 396 g/mol. The Balaban J connectivity index is 1.97. The monoisotopic (exact) mass is 395 g/mol. The molecule has 1 aliphatic heterocycles. The van der Waals surface area contributed by atoms with E-state index < -0.39 is 11.8 Å². The van der Waals surface area contributed by atoms with Crippen molar-refractivity contribution >= 4 is 23.2 Å². The molecule has 2 amide bonds. The van der Waals surface area contributed by atoms with Crippen molar-refractivity contribution < 1.29 is 9.59 Å². The second-order valence-electron chi connectivity index (χ2n) is 7.25. The molecule has 152 valence electrons. The van der Waals surface area contributed by atoms with Gasteiger partial charge < -0.3 is 20.4 Å². The fourth-order valence-electron chi connectivity index (χ4n) is 3.38. The summed E-state index contributed by atoms with van der Waals surface area (Å²) in [5, 5.41) is 7.65. The maximum Gasteiger partial charge on any atom is 0.309 e. The van der Waals surface area contributed by atoms with Crippen molar-refractivity contribution in [1.82, 2.24) is 25.3 Å². The first-order valence-electron chi connectivity index (χ1n) is 9.65. The molecule has 2 rings (SSSR count). The van der Waals surface area contributed by atoms with E-state index in [0.29, 0.717) is 13.1 Å². The molecule has 1 saturated heterocycles. The van der Waals surface area contributed by atoms with E-state index in [1.807, 2.05) is 32.0 Å². The predicted molar refractivity (Wildman–Crippen MR) is 110 cm³/mol. The molecule has 1 fully saturated rings. The number of thiophene rings is 1. The van der Waals surface area contributed by atoms with Gasteiger partial charge in [-0.2, -0.15) is 0 Å². The summed E-state index contributed by atoms with van der Waals surface area (Å²) < 4.78 is 0. The van der Waals surface area contributed by atoms with Crippen LogP contribution >= 0.6 is 11.3 Å². The van der Waals surface area contributed by atoms with Crippen molar-refractivity contribution in [1.29, 1.82) is 0 Å². The number of likely N-dealkylation sites (N-methyl/N-ethyl adjacent to an activating group) is 2. The van der Waals surface area contributed by atoms with E-state index in [0.717, 1.165) is 32.7 Å². The summed E-state index contributed by atoms with van der Waals surface area (Å²) in [5.74, 6) is -1.13. The summed E-state index contributed by atoms with van der Waals surface area (Å²) in [6.45, 7) is 10.4. The number of nitrogens with zero attached hydrogens (tertiary/aromatic N) is 3. The molecular weight excluding hydrogens is 362 g/mol. The third-order valence-electron chi connectivity index (χ3n) is 4.97. The Kier molecular flexibility index (Phi) is 8.69. The Bertz CT molecular complexity index is 585. The Morgan fingerprint density at radius 1 is 1.22 bits per heavy atom.